The van der Waals surface area contributed by atoms with E-state index in [4.69, 9.17) is 4.74 Å². The molecule has 21 heavy (non-hydrogen) atoms. The van der Waals surface area contributed by atoms with Crippen LogP contribution >= 0.6 is 0 Å². The number of hydrogen-bond donors (Lipinski definition) is 1. The molecule has 0 aliphatic rings. The minimum Gasteiger partial charge on any atom is -0.474 e. The first kappa shape index (κ1) is 18.0. The first-order valence-corrected chi connectivity index (χ1v) is 8.12. The fraction of sp³-hybridized carbons (Fsp3) is 0.722. The molecule has 3 heteroatoms. The molecule has 0 aliphatic carbocycles. The smallest absolute Gasteiger partial charge is 0.214 e. The molecule has 1 rings (SSSR count). The standard InChI is InChI=1S/C18H32N2O/c1-8-9-16-10-15(12-19-18(5,6)7)11-17(20-16)21-14(4)13(2)3/h10-11,13-14,19H,8-9,12H2,1-7H3. The van der Waals surface area contributed by atoms with Crippen molar-refractivity contribution in [3.63, 3.8) is 0 Å². The van der Waals surface area contributed by atoms with Gasteiger partial charge < -0.3 is 10.1 Å². The highest BCUT2D eigenvalue weighted by molar-refractivity contribution is 5.25. The maximum Gasteiger partial charge on any atom is 0.214 e. The summed E-state index contributed by atoms with van der Waals surface area (Å²) in [5.41, 5.74) is 2.48. The SMILES string of the molecule is CCCc1cc(CNC(C)(C)C)cc(OC(C)C(C)C)n1. The number of nitrogens with zero attached hydrogens (tertiary/aromatic N) is 1. The van der Waals surface area contributed by atoms with Crippen molar-refractivity contribution in [1.82, 2.24) is 10.3 Å². The van der Waals surface area contributed by atoms with Gasteiger partial charge in [0.05, 0.1) is 6.10 Å². The molecule has 0 fully saturated rings. The number of aryl methyl sites for hydroxylation is 1. The second kappa shape index (κ2) is 7.79. The van der Waals surface area contributed by atoms with Crippen LogP contribution in [-0.4, -0.2) is 16.6 Å². The summed E-state index contributed by atoms with van der Waals surface area (Å²) >= 11 is 0. The summed E-state index contributed by atoms with van der Waals surface area (Å²) in [5, 5.41) is 3.53. The van der Waals surface area contributed by atoms with Gasteiger partial charge in [0, 0.05) is 23.8 Å². The van der Waals surface area contributed by atoms with E-state index in [2.05, 4.69) is 70.9 Å². The largest absolute Gasteiger partial charge is 0.474 e. The Balaban J connectivity index is 2.89. The number of pyridine rings is 1. The fourth-order valence-corrected chi connectivity index (χ4v) is 1.86. The van der Waals surface area contributed by atoms with Crippen molar-refractivity contribution in [1.29, 1.82) is 0 Å². The lowest BCUT2D eigenvalue weighted by molar-refractivity contribution is 0.163. The Morgan fingerprint density at radius 1 is 1.19 bits per heavy atom. The number of ether oxygens (including phenoxy) is 1. The lowest BCUT2D eigenvalue weighted by Crippen LogP contribution is -2.35. The fourth-order valence-electron chi connectivity index (χ4n) is 1.86. The predicted octanol–water partition coefficient (Wildman–Crippen LogP) is 4.35. The van der Waals surface area contributed by atoms with Crippen molar-refractivity contribution in [2.24, 2.45) is 5.92 Å². The van der Waals surface area contributed by atoms with Gasteiger partial charge in [0.25, 0.3) is 0 Å². The Morgan fingerprint density at radius 3 is 2.38 bits per heavy atom. The van der Waals surface area contributed by atoms with Crippen LogP contribution in [0.4, 0.5) is 0 Å². The Labute approximate surface area is 130 Å². The highest BCUT2D eigenvalue weighted by atomic mass is 16.5. The molecule has 0 aromatic carbocycles. The third-order valence-corrected chi connectivity index (χ3v) is 3.49. The van der Waals surface area contributed by atoms with Gasteiger partial charge in [-0.1, -0.05) is 27.2 Å². The van der Waals surface area contributed by atoms with E-state index in [1.54, 1.807) is 0 Å². The topological polar surface area (TPSA) is 34.1 Å². The molecule has 1 unspecified atom stereocenters. The Hall–Kier alpha value is -1.09. The summed E-state index contributed by atoms with van der Waals surface area (Å²) in [6, 6.07) is 4.26. The van der Waals surface area contributed by atoms with Crippen LogP contribution in [0.3, 0.4) is 0 Å². The number of rotatable bonds is 7. The zero-order valence-electron chi connectivity index (χ0n) is 14.8. The Bertz CT molecular complexity index is 435. The van der Waals surface area contributed by atoms with E-state index < -0.39 is 0 Å². The minimum atomic E-state index is 0.112. The van der Waals surface area contributed by atoms with E-state index >= 15 is 0 Å². The second-order valence-electron chi connectivity index (χ2n) is 7.23. The Kier molecular flexibility index (Phi) is 6.66. The summed E-state index contributed by atoms with van der Waals surface area (Å²) < 4.78 is 6.00. The van der Waals surface area contributed by atoms with E-state index in [-0.39, 0.29) is 11.6 Å². The van der Waals surface area contributed by atoms with Gasteiger partial charge in [-0.25, -0.2) is 4.98 Å². The normalized spacial score (nSPS) is 13.5. The molecule has 0 saturated carbocycles. The zero-order valence-corrected chi connectivity index (χ0v) is 14.8. The van der Waals surface area contributed by atoms with Gasteiger partial charge in [-0.2, -0.15) is 0 Å². The molecule has 1 aromatic rings. The lowest BCUT2D eigenvalue weighted by Gasteiger charge is -2.22. The number of nitrogens with one attached hydrogen (secondary N) is 1. The highest BCUT2D eigenvalue weighted by Crippen LogP contribution is 2.18. The summed E-state index contributed by atoms with van der Waals surface area (Å²) in [6.45, 7) is 16.0. The molecular formula is C18H32N2O. The van der Waals surface area contributed by atoms with Gasteiger partial charge in [-0.3, -0.25) is 0 Å². The predicted molar refractivity (Wildman–Crippen MR) is 89.8 cm³/mol. The zero-order chi connectivity index (χ0) is 16.0. The van der Waals surface area contributed by atoms with E-state index in [0.717, 1.165) is 31.0 Å². The molecule has 0 bridgehead atoms. The van der Waals surface area contributed by atoms with Crippen LogP contribution < -0.4 is 10.1 Å². The molecule has 0 radical (unpaired) electrons. The maximum atomic E-state index is 6.00. The summed E-state index contributed by atoms with van der Waals surface area (Å²) in [7, 11) is 0. The monoisotopic (exact) mass is 292 g/mol. The maximum absolute atomic E-state index is 6.00. The second-order valence-corrected chi connectivity index (χ2v) is 7.23. The summed E-state index contributed by atoms with van der Waals surface area (Å²) in [4.78, 5) is 4.64. The number of aromatic nitrogens is 1. The van der Waals surface area contributed by atoms with Gasteiger partial charge >= 0.3 is 0 Å². The van der Waals surface area contributed by atoms with Crippen LogP contribution in [0.15, 0.2) is 12.1 Å². The molecule has 0 amide bonds. The van der Waals surface area contributed by atoms with Crippen molar-refractivity contribution in [3.05, 3.63) is 23.4 Å². The van der Waals surface area contributed by atoms with Gasteiger partial charge in [0.1, 0.15) is 0 Å². The number of hydrogen-bond acceptors (Lipinski definition) is 3. The van der Waals surface area contributed by atoms with E-state index in [0.29, 0.717) is 5.92 Å². The van der Waals surface area contributed by atoms with E-state index in [1.807, 2.05) is 0 Å². The highest BCUT2D eigenvalue weighted by Gasteiger charge is 2.13. The van der Waals surface area contributed by atoms with Crippen molar-refractivity contribution >= 4 is 0 Å². The van der Waals surface area contributed by atoms with Crippen LogP contribution in [0.2, 0.25) is 0 Å². The van der Waals surface area contributed by atoms with Gasteiger partial charge in [-0.05, 0) is 51.7 Å². The Morgan fingerprint density at radius 2 is 1.86 bits per heavy atom. The van der Waals surface area contributed by atoms with Crippen molar-refractivity contribution in [2.75, 3.05) is 0 Å². The van der Waals surface area contributed by atoms with Crippen molar-refractivity contribution in [3.8, 4) is 5.88 Å². The third-order valence-electron chi connectivity index (χ3n) is 3.49. The molecule has 0 aliphatic heterocycles. The first-order chi connectivity index (χ1) is 9.71. The summed E-state index contributed by atoms with van der Waals surface area (Å²) in [5.74, 6) is 1.24. The molecule has 1 heterocycles. The quantitative estimate of drug-likeness (QED) is 0.811. The van der Waals surface area contributed by atoms with Crippen LogP contribution in [0.5, 0.6) is 5.88 Å². The van der Waals surface area contributed by atoms with Crippen LogP contribution in [-0.2, 0) is 13.0 Å². The van der Waals surface area contributed by atoms with Crippen molar-refractivity contribution in [2.45, 2.75) is 79.5 Å². The van der Waals surface area contributed by atoms with Gasteiger partial charge in [-0.15, -0.1) is 0 Å². The average Bonchev–Trinajstić information content (AvgIpc) is 2.35. The molecule has 0 spiro atoms. The van der Waals surface area contributed by atoms with E-state index in [9.17, 15) is 0 Å². The van der Waals surface area contributed by atoms with E-state index in [1.165, 1.54) is 5.56 Å². The summed E-state index contributed by atoms with van der Waals surface area (Å²) in [6.07, 6.45) is 2.27. The minimum absolute atomic E-state index is 0.112. The van der Waals surface area contributed by atoms with Gasteiger partial charge in [0.2, 0.25) is 5.88 Å². The molecule has 0 saturated heterocycles. The van der Waals surface area contributed by atoms with Gasteiger partial charge in [0.15, 0.2) is 0 Å². The van der Waals surface area contributed by atoms with Crippen LogP contribution in [0.1, 0.15) is 66.1 Å². The molecule has 120 valence electrons. The first-order valence-electron chi connectivity index (χ1n) is 8.12. The molecular weight excluding hydrogens is 260 g/mol. The molecule has 1 atom stereocenters. The van der Waals surface area contributed by atoms with Crippen LogP contribution in [0.25, 0.3) is 0 Å². The molecule has 1 aromatic heterocycles. The van der Waals surface area contributed by atoms with Crippen molar-refractivity contribution < 1.29 is 4.74 Å². The molecule has 3 nitrogen and oxygen atoms in total. The lowest BCUT2D eigenvalue weighted by atomic mass is 10.1. The third kappa shape index (κ3) is 6.94. The average molecular weight is 292 g/mol. The molecule has 1 N–H and O–H groups in total. The van der Waals surface area contributed by atoms with Crippen LogP contribution in [0, 0.1) is 5.92 Å².